The average Bonchev–Trinajstić information content (AvgIpc) is 2.45. The van der Waals surface area contributed by atoms with Gasteiger partial charge in [0.05, 0.1) is 25.2 Å². The predicted molar refractivity (Wildman–Crippen MR) is 88.2 cm³/mol. The zero-order valence-corrected chi connectivity index (χ0v) is 19.3. The van der Waals surface area contributed by atoms with Gasteiger partial charge in [0.1, 0.15) is 6.61 Å². The Kier molecular flexibility index (Phi) is 26.2. The Bertz CT molecular complexity index is 294. The Hall–Kier alpha value is 0.702. The Morgan fingerprint density at radius 3 is 2.43 bits per heavy atom. The first-order valence-electron chi connectivity index (χ1n) is 6.79. The standard InChI is InChI=1S/C12H21NO3S2.C2H6.U/c1-10(2)5-4-6-13-12(14)9-15-7-8-16-11(3)18-17;1-2;/h10-11,17H,6-9H2,1-3H3,(H,13,14);1-2H3;/p-1. The van der Waals surface area contributed by atoms with Crippen molar-refractivity contribution in [1.29, 1.82) is 0 Å². The first kappa shape index (κ1) is 26.6. The maximum atomic E-state index is 11.3. The molecule has 0 saturated carbocycles. The molecule has 0 bridgehead atoms. The summed E-state index contributed by atoms with van der Waals surface area (Å²) in [4.78, 5) is 11.3. The van der Waals surface area contributed by atoms with E-state index in [2.05, 4.69) is 17.2 Å². The van der Waals surface area contributed by atoms with E-state index in [-0.39, 0.29) is 49.1 Å². The molecule has 0 aliphatic rings. The molecule has 7 heteroatoms. The fraction of sp³-hybridized carbons (Fsp3) is 0.786. The van der Waals surface area contributed by atoms with Crippen molar-refractivity contribution < 1.29 is 45.4 Å². The number of carbonyl (C=O) groups is 1. The minimum absolute atomic E-state index is 0. The Labute approximate surface area is 162 Å². The van der Waals surface area contributed by atoms with Gasteiger partial charge >= 0.3 is 0 Å². The molecule has 1 N–H and O–H groups in total. The van der Waals surface area contributed by atoms with Crippen LogP contribution >= 0.6 is 10.8 Å². The van der Waals surface area contributed by atoms with Crippen molar-refractivity contribution in [1.82, 2.24) is 5.32 Å². The van der Waals surface area contributed by atoms with Gasteiger partial charge in [-0.2, -0.15) is 0 Å². The fourth-order valence-electron chi connectivity index (χ4n) is 0.915. The number of hydrogen-bond acceptors (Lipinski definition) is 5. The topological polar surface area (TPSA) is 47.6 Å². The summed E-state index contributed by atoms with van der Waals surface area (Å²) in [7, 11) is 1.22. The summed E-state index contributed by atoms with van der Waals surface area (Å²) in [5.41, 5.74) is -0.0243. The summed E-state index contributed by atoms with van der Waals surface area (Å²) in [5, 5.41) is 2.65. The third kappa shape index (κ3) is 23.1. The molecule has 0 aromatic heterocycles. The molecule has 0 fully saturated rings. The van der Waals surface area contributed by atoms with Crippen molar-refractivity contribution >= 4 is 28.4 Å². The van der Waals surface area contributed by atoms with Gasteiger partial charge in [0.2, 0.25) is 5.91 Å². The van der Waals surface area contributed by atoms with Crippen molar-refractivity contribution in [2.75, 3.05) is 26.4 Å². The number of hydrogen-bond donors (Lipinski definition) is 1. The maximum absolute atomic E-state index is 11.3. The van der Waals surface area contributed by atoms with Gasteiger partial charge in [-0.05, 0) is 6.92 Å². The van der Waals surface area contributed by atoms with Crippen molar-refractivity contribution in [2.24, 2.45) is 5.92 Å². The second kappa shape index (κ2) is 20.7. The zero-order valence-electron chi connectivity index (χ0n) is 13.5. The molecule has 122 valence electrons. The summed E-state index contributed by atoms with van der Waals surface area (Å²) in [6.07, 6.45) is 0. The minimum atomic E-state index is -0.168. The largest absolute Gasteiger partial charge is 0.717 e. The molecule has 1 unspecified atom stereocenters. The Balaban J connectivity index is -0.00000103. The Morgan fingerprint density at radius 2 is 1.90 bits per heavy atom. The summed E-state index contributed by atoms with van der Waals surface area (Å²) in [5.74, 6) is 5.97. The van der Waals surface area contributed by atoms with Gasteiger partial charge in [0.25, 0.3) is 0 Å². The summed E-state index contributed by atoms with van der Waals surface area (Å²) in [6, 6.07) is 0. The third-order valence-electron chi connectivity index (χ3n) is 1.71. The second-order valence-electron chi connectivity index (χ2n) is 3.84. The zero-order chi connectivity index (χ0) is 15.8. The molecule has 0 aromatic carbocycles. The van der Waals surface area contributed by atoms with Crippen LogP contribution in [0.5, 0.6) is 0 Å². The molecule has 0 radical (unpaired) electrons. The molecule has 1 atom stereocenters. The quantitative estimate of drug-likeness (QED) is 0.163. The van der Waals surface area contributed by atoms with Gasteiger partial charge in [-0.15, -0.1) is 0 Å². The van der Waals surface area contributed by atoms with E-state index in [4.69, 9.17) is 21.1 Å². The van der Waals surface area contributed by atoms with Crippen LogP contribution in [0.2, 0.25) is 0 Å². The first-order chi connectivity index (χ1) is 9.56. The van der Waals surface area contributed by atoms with Crippen LogP contribution in [-0.4, -0.2) is 37.7 Å². The monoisotopic (exact) mass is 558 g/mol. The van der Waals surface area contributed by atoms with Crippen LogP contribution in [0.1, 0.15) is 34.6 Å². The van der Waals surface area contributed by atoms with E-state index in [9.17, 15) is 4.79 Å². The van der Waals surface area contributed by atoms with E-state index in [0.717, 1.165) is 0 Å². The van der Waals surface area contributed by atoms with E-state index in [1.165, 1.54) is 10.8 Å². The van der Waals surface area contributed by atoms with Gasteiger partial charge in [0, 0.05) is 37.0 Å². The van der Waals surface area contributed by atoms with Crippen LogP contribution in [0.15, 0.2) is 0 Å². The van der Waals surface area contributed by atoms with Crippen molar-refractivity contribution in [3.8, 4) is 11.8 Å². The molecular formula is C14H26NO3S2U-. The summed E-state index contributed by atoms with van der Waals surface area (Å²) in [6.45, 7) is 11.1. The number of nitrogens with one attached hydrogen (secondary N) is 1. The molecule has 0 saturated heterocycles. The predicted octanol–water partition coefficient (Wildman–Crippen LogP) is 2.36. The number of carbonyl (C=O) groups excluding carboxylic acids is 1. The minimum Gasteiger partial charge on any atom is -0.717 e. The normalized spacial score (nSPS) is 10.4. The van der Waals surface area contributed by atoms with Crippen LogP contribution in [0.3, 0.4) is 0 Å². The number of amides is 1. The van der Waals surface area contributed by atoms with Gasteiger partial charge in [-0.3, -0.25) is 4.79 Å². The Morgan fingerprint density at radius 1 is 1.29 bits per heavy atom. The smallest absolute Gasteiger partial charge is 0.246 e. The average molecular weight is 559 g/mol. The van der Waals surface area contributed by atoms with Crippen molar-refractivity contribution in [2.45, 2.75) is 40.1 Å². The number of rotatable bonds is 8. The molecule has 1 amide bonds. The fourth-order valence-corrected chi connectivity index (χ4v) is 1.23. The van der Waals surface area contributed by atoms with Crippen LogP contribution in [-0.2, 0) is 25.9 Å². The second-order valence-corrected chi connectivity index (χ2v) is 5.27. The van der Waals surface area contributed by atoms with Crippen molar-refractivity contribution in [3.05, 3.63) is 0 Å². The van der Waals surface area contributed by atoms with E-state index < -0.39 is 0 Å². The third-order valence-corrected chi connectivity index (χ3v) is 2.93. The molecule has 0 aromatic rings. The van der Waals surface area contributed by atoms with Crippen LogP contribution < -0.4 is 5.32 Å². The molecule has 4 nitrogen and oxygen atoms in total. The van der Waals surface area contributed by atoms with Gasteiger partial charge in [-0.25, -0.2) is 0 Å². The molecule has 0 spiro atoms. The molecule has 21 heavy (non-hydrogen) atoms. The van der Waals surface area contributed by atoms with E-state index in [1.54, 1.807) is 0 Å². The first-order valence-corrected chi connectivity index (χ1v) is 8.59. The SMILES string of the molecule is CC.CC(C)C#CCNC(=O)COCCOC(C)S[S-].[U]. The van der Waals surface area contributed by atoms with Crippen molar-refractivity contribution in [3.63, 3.8) is 0 Å². The number of ether oxygens (including phenoxy) is 2. The summed E-state index contributed by atoms with van der Waals surface area (Å²) >= 11 is 4.75. The maximum Gasteiger partial charge on any atom is 0.246 e. The van der Waals surface area contributed by atoms with E-state index in [1.807, 2.05) is 34.6 Å². The van der Waals surface area contributed by atoms with Crippen LogP contribution in [0, 0.1) is 48.9 Å². The molecule has 0 rings (SSSR count). The van der Waals surface area contributed by atoms with Gasteiger partial charge in [0.15, 0.2) is 0 Å². The van der Waals surface area contributed by atoms with E-state index >= 15 is 0 Å². The molecule has 0 aliphatic carbocycles. The molecular weight excluding hydrogens is 532 g/mol. The van der Waals surface area contributed by atoms with Crippen LogP contribution in [0.4, 0.5) is 0 Å². The summed E-state index contributed by atoms with van der Waals surface area (Å²) < 4.78 is 10.4. The molecule has 0 heterocycles. The van der Waals surface area contributed by atoms with Gasteiger partial charge in [-0.1, -0.05) is 39.5 Å². The van der Waals surface area contributed by atoms with Gasteiger partial charge < -0.3 is 37.2 Å². The van der Waals surface area contributed by atoms with Crippen LogP contribution in [0.25, 0.3) is 0 Å². The molecule has 0 aliphatic heterocycles. The van der Waals surface area contributed by atoms with E-state index in [0.29, 0.717) is 25.7 Å².